The fourth-order valence-electron chi connectivity index (χ4n) is 2.79. The Bertz CT molecular complexity index is 1240. The van der Waals surface area contributed by atoms with Crippen molar-refractivity contribution in [2.24, 2.45) is 0 Å². The van der Waals surface area contributed by atoms with E-state index in [1.165, 1.54) is 31.2 Å². The van der Waals surface area contributed by atoms with Gasteiger partial charge in [-0.2, -0.15) is 0 Å². The smallest absolute Gasteiger partial charge is 0.263 e. The third-order valence-electron chi connectivity index (χ3n) is 4.12. The van der Waals surface area contributed by atoms with Gasteiger partial charge in [0.25, 0.3) is 15.9 Å². The molecular formula is C19H16N4O5S2. The number of ether oxygens (including phenoxy) is 1. The van der Waals surface area contributed by atoms with Crippen molar-refractivity contribution in [1.82, 2.24) is 4.98 Å². The SMILES string of the molecule is CC(=O)Nc1ccc(S(=O)(=O)Nc2nc(-c3ccc4c(c3)NC(=O)CO4)cs2)cc1. The van der Waals surface area contributed by atoms with Crippen molar-refractivity contribution in [3.63, 3.8) is 0 Å². The number of anilines is 3. The number of hydrogen-bond acceptors (Lipinski definition) is 7. The molecule has 30 heavy (non-hydrogen) atoms. The van der Waals surface area contributed by atoms with Crippen LogP contribution in [-0.4, -0.2) is 31.8 Å². The second kappa shape index (κ2) is 7.76. The van der Waals surface area contributed by atoms with Crippen LogP contribution in [0.4, 0.5) is 16.5 Å². The summed E-state index contributed by atoms with van der Waals surface area (Å²) >= 11 is 1.14. The van der Waals surface area contributed by atoms with E-state index in [1.807, 2.05) is 0 Å². The summed E-state index contributed by atoms with van der Waals surface area (Å²) in [6, 6.07) is 11.0. The van der Waals surface area contributed by atoms with Crippen LogP contribution in [0.3, 0.4) is 0 Å². The molecule has 3 aromatic rings. The topological polar surface area (TPSA) is 126 Å². The highest BCUT2D eigenvalue weighted by molar-refractivity contribution is 7.93. The summed E-state index contributed by atoms with van der Waals surface area (Å²) in [6.45, 7) is 1.34. The average Bonchev–Trinajstić information content (AvgIpc) is 3.15. The van der Waals surface area contributed by atoms with E-state index in [9.17, 15) is 18.0 Å². The minimum absolute atomic E-state index is 0.0270. The highest BCUT2D eigenvalue weighted by Gasteiger charge is 2.19. The zero-order valence-corrected chi connectivity index (χ0v) is 17.3. The van der Waals surface area contributed by atoms with Gasteiger partial charge in [0.1, 0.15) is 5.75 Å². The second-order valence-corrected chi connectivity index (χ2v) is 8.94. The van der Waals surface area contributed by atoms with E-state index >= 15 is 0 Å². The molecule has 0 saturated carbocycles. The van der Waals surface area contributed by atoms with Gasteiger partial charge in [0.05, 0.1) is 16.3 Å². The molecule has 0 spiro atoms. The molecule has 0 bridgehead atoms. The number of hydrogen-bond donors (Lipinski definition) is 3. The summed E-state index contributed by atoms with van der Waals surface area (Å²) in [5, 5.41) is 7.22. The number of nitrogens with zero attached hydrogens (tertiary/aromatic N) is 1. The van der Waals surface area contributed by atoms with Crippen molar-refractivity contribution < 1.29 is 22.7 Å². The lowest BCUT2D eigenvalue weighted by atomic mass is 10.1. The van der Waals surface area contributed by atoms with Gasteiger partial charge in [-0.25, -0.2) is 13.4 Å². The Morgan fingerprint density at radius 1 is 1.20 bits per heavy atom. The Labute approximate surface area is 176 Å². The molecule has 3 N–H and O–H groups in total. The van der Waals surface area contributed by atoms with E-state index in [2.05, 4.69) is 20.3 Å². The van der Waals surface area contributed by atoms with Gasteiger partial charge in [-0.05, 0) is 42.5 Å². The molecule has 1 aliphatic rings. The highest BCUT2D eigenvalue weighted by Crippen LogP contribution is 2.34. The lowest BCUT2D eigenvalue weighted by Crippen LogP contribution is -2.25. The fraction of sp³-hybridized carbons (Fsp3) is 0.105. The molecule has 9 nitrogen and oxygen atoms in total. The van der Waals surface area contributed by atoms with Crippen LogP contribution in [0.2, 0.25) is 0 Å². The summed E-state index contributed by atoms with van der Waals surface area (Å²) in [5.74, 6) is 0.0838. The third-order valence-corrected chi connectivity index (χ3v) is 6.36. The molecule has 1 aliphatic heterocycles. The van der Waals surface area contributed by atoms with Gasteiger partial charge in [-0.3, -0.25) is 14.3 Å². The maximum absolute atomic E-state index is 12.6. The monoisotopic (exact) mass is 444 g/mol. The molecule has 0 fully saturated rings. The summed E-state index contributed by atoms with van der Waals surface area (Å²) in [4.78, 5) is 26.9. The average molecular weight is 444 g/mol. The number of rotatable bonds is 5. The van der Waals surface area contributed by atoms with Crippen molar-refractivity contribution in [1.29, 1.82) is 0 Å². The first-order valence-corrected chi connectivity index (χ1v) is 11.1. The minimum atomic E-state index is -3.84. The third kappa shape index (κ3) is 4.26. The van der Waals surface area contributed by atoms with Crippen molar-refractivity contribution >= 4 is 49.7 Å². The molecule has 1 aromatic heterocycles. The lowest BCUT2D eigenvalue weighted by molar-refractivity contribution is -0.118. The van der Waals surface area contributed by atoms with Gasteiger partial charge in [0.2, 0.25) is 5.91 Å². The number of nitrogens with one attached hydrogen (secondary N) is 3. The highest BCUT2D eigenvalue weighted by atomic mass is 32.2. The number of sulfonamides is 1. The standard InChI is InChI=1S/C19H16N4O5S2/c1-11(24)20-13-3-5-14(6-4-13)30(26,27)23-19-22-16(10-29-19)12-2-7-17-15(8-12)21-18(25)9-28-17/h2-8,10H,9H2,1H3,(H,20,24)(H,21,25)(H,22,23). The number of carbonyl (C=O) groups excluding carboxylic acids is 2. The maximum atomic E-state index is 12.6. The Balaban J connectivity index is 1.52. The minimum Gasteiger partial charge on any atom is -0.482 e. The van der Waals surface area contributed by atoms with E-state index in [0.29, 0.717) is 28.4 Å². The number of aromatic nitrogens is 1. The van der Waals surface area contributed by atoms with Gasteiger partial charge >= 0.3 is 0 Å². The molecule has 4 rings (SSSR count). The molecule has 2 amide bonds. The van der Waals surface area contributed by atoms with E-state index in [-0.39, 0.29) is 28.4 Å². The molecule has 0 atom stereocenters. The summed E-state index contributed by atoms with van der Waals surface area (Å²) < 4.78 is 33.0. The number of thiazole rings is 1. The number of carbonyl (C=O) groups is 2. The second-order valence-electron chi connectivity index (χ2n) is 6.40. The summed E-state index contributed by atoms with van der Waals surface area (Å²) in [5.41, 5.74) is 2.31. The van der Waals surface area contributed by atoms with Gasteiger partial charge in [0.15, 0.2) is 11.7 Å². The lowest BCUT2D eigenvalue weighted by Gasteiger charge is -2.18. The Hall–Kier alpha value is -3.44. The van der Waals surface area contributed by atoms with E-state index < -0.39 is 10.0 Å². The van der Waals surface area contributed by atoms with Gasteiger partial charge in [0, 0.05) is 23.6 Å². The van der Waals surface area contributed by atoms with Crippen LogP contribution in [0.1, 0.15) is 6.92 Å². The van der Waals surface area contributed by atoms with Gasteiger partial charge in [-0.15, -0.1) is 11.3 Å². The number of benzene rings is 2. The Morgan fingerprint density at radius 2 is 1.97 bits per heavy atom. The molecular weight excluding hydrogens is 428 g/mol. The zero-order chi connectivity index (χ0) is 21.3. The van der Waals surface area contributed by atoms with Crippen LogP contribution in [0.5, 0.6) is 5.75 Å². The van der Waals surface area contributed by atoms with Crippen molar-refractivity contribution in [2.75, 3.05) is 22.0 Å². The first kappa shape index (κ1) is 19.9. The van der Waals surface area contributed by atoms with Crippen LogP contribution in [0.15, 0.2) is 52.7 Å². The maximum Gasteiger partial charge on any atom is 0.263 e. The van der Waals surface area contributed by atoms with Crippen LogP contribution in [0, 0.1) is 0 Å². The normalized spacial score (nSPS) is 13.0. The van der Waals surface area contributed by atoms with Crippen LogP contribution >= 0.6 is 11.3 Å². The largest absolute Gasteiger partial charge is 0.482 e. The Morgan fingerprint density at radius 3 is 2.70 bits per heavy atom. The zero-order valence-electron chi connectivity index (χ0n) is 15.6. The molecule has 0 radical (unpaired) electrons. The quantitative estimate of drug-likeness (QED) is 0.555. The Kier molecular flexibility index (Phi) is 5.14. The number of fused-ring (bicyclic) bond motifs is 1. The first-order chi connectivity index (χ1) is 14.3. The van der Waals surface area contributed by atoms with Crippen molar-refractivity contribution in [3.8, 4) is 17.0 Å². The predicted molar refractivity (Wildman–Crippen MR) is 113 cm³/mol. The molecule has 0 saturated heterocycles. The van der Waals surface area contributed by atoms with Crippen LogP contribution in [-0.2, 0) is 19.6 Å². The summed E-state index contributed by atoms with van der Waals surface area (Å²) in [7, 11) is -3.84. The molecule has 11 heteroatoms. The van der Waals surface area contributed by atoms with E-state index in [0.717, 1.165) is 11.3 Å². The van der Waals surface area contributed by atoms with Gasteiger partial charge < -0.3 is 15.4 Å². The van der Waals surface area contributed by atoms with E-state index in [1.54, 1.807) is 23.6 Å². The number of amides is 2. The summed E-state index contributed by atoms with van der Waals surface area (Å²) in [6.07, 6.45) is 0. The molecule has 0 aliphatic carbocycles. The van der Waals surface area contributed by atoms with Gasteiger partial charge in [-0.1, -0.05) is 0 Å². The van der Waals surface area contributed by atoms with E-state index in [4.69, 9.17) is 4.74 Å². The molecule has 2 heterocycles. The first-order valence-electron chi connectivity index (χ1n) is 8.73. The van der Waals surface area contributed by atoms with Crippen molar-refractivity contribution in [2.45, 2.75) is 11.8 Å². The van der Waals surface area contributed by atoms with Crippen LogP contribution in [0.25, 0.3) is 11.3 Å². The molecule has 154 valence electrons. The van der Waals surface area contributed by atoms with Crippen molar-refractivity contribution in [3.05, 3.63) is 47.8 Å². The molecule has 0 unspecified atom stereocenters. The molecule has 2 aromatic carbocycles. The fourth-order valence-corrected chi connectivity index (χ4v) is 4.76. The van der Waals surface area contributed by atoms with Crippen LogP contribution < -0.4 is 20.1 Å². The predicted octanol–water partition coefficient (Wildman–Crippen LogP) is 2.90.